The summed E-state index contributed by atoms with van der Waals surface area (Å²) < 4.78 is 5.39. The van der Waals surface area contributed by atoms with Gasteiger partial charge in [0.25, 0.3) is 0 Å². The Morgan fingerprint density at radius 3 is 2.55 bits per heavy atom. The molecule has 1 unspecified atom stereocenters. The third kappa shape index (κ3) is 3.37. The van der Waals surface area contributed by atoms with Crippen LogP contribution in [0, 0.1) is 16.7 Å². The molecule has 2 atom stereocenters. The lowest BCUT2D eigenvalue weighted by Crippen LogP contribution is -2.47. The highest BCUT2D eigenvalue weighted by atomic mass is 16.5. The highest BCUT2D eigenvalue weighted by Gasteiger charge is 2.37. The maximum Gasteiger partial charge on any atom is 0.101 e. The highest BCUT2D eigenvalue weighted by Crippen LogP contribution is 2.34. The molecule has 0 aliphatic carbocycles. The van der Waals surface area contributed by atoms with E-state index in [4.69, 9.17) is 4.74 Å². The first-order valence-electron chi connectivity index (χ1n) is 7.09. The van der Waals surface area contributed by atoms with Crippen LogP contribution in [0.2, 0.25) is 0 Å². The Kier molecular flexibility index (Phi) is 5.13. The van der Waals surface area contributed by atoms with Gasteiger partial charge in [-0.1, -0.05) is 37.3 Å². The average Bonchev–Trinajstić information content (AvgIpc) is 2.50. The molecule has 1 aromatic carbocycles. The fourth-order valence-corrected chi connectivity index (χ4v) is 2.66. The Bertz CT molecular complexity index is 449. The molecular weight excluding hydrogens is 252 g/mol. The summed E-state index contributed by atoms with van der Waals surface area (Å²) in [4.78, 5) is 0. The minimum absolute atomic E-state index is 0.0191. The third-order valence-corrected chi connectivity index (χ3v) is 4.21. The van der Waals surface area contributed by atoms with Crippen molar-refractivity contribution in [2.45, 2.75) is 31.8 Å². The molecule has 0 saturated carbocycles. The summed E-state index contributed by atoms with van der Waals surface area (Å²) in [6, 6.07) is 11.6. The molecule has 0 amide bonds. The van der Waals surface area contributed by atoms with E-state index < -0.39 is 0 Å². The summed E-state index contributed by atoms with van der Waals surface area (Å²) in [5.41, 5.74) is 0.903. The molecule has 1 heterocycles. The predicted octanol–water partition coefficient (Wildman–Crippen LogP) is 2.02. The smallest absolute Gasteiger partial charge is 0.101 e. The Hall–Kier alpha value is -1.41. The van der Waals surface area contributed by atoms with Crippen LogP contribution >= 0.6 is 0 Å². The van der Waals surface area contributed by atoms with Crippen LogP contribution < -0.4 is 5.32 Å². The maximum atomic E-state index is 9.61. The van der Waals surface area contributed by atoms with Crippen molar-refractivity contribution in [3.05, 3.63) is 35.9 Å². The molecule has 20 heavy (non-hydrogen) atoms. The molecular formula is C16H22N2O2. The number of aliphatic hydroxyl groups is 1. The van der Waals surface area contributed by atoms with Gasteiger partial charge < -0.3 is 9.84 Å². The minimum atomic E-state index is -0.288. The average molecular weight is 274 g/mol. The zero-order chi connectivity index (χ0) is 14.4. The van der Waals surface area contributed by atoms with E-state index in [2.05, 4.69) is 18.3 Å². The Balaban J connectivity index is 2.10. The van der Waals surface area contributed by atoms with Crippen LogP contribution in [0.25, 0.3) is 0 Å². The molecule has 1 aromatic rings. The fourth-order valence-electron chi connectivity index (χ4n) is 2.66. The van der Waals surface area contributed by atoms with Gasteiger partial charge in [-0.05, 0) is 18.4 Å². The van der Waals surface area contributed by atoms with Crippen LogP contribution in [0.1, 0.15) is 31.4 Å². The number of nitrogens with zero attached hydrogens (tertiary/aromatic N) is 1. The molecule has 2 N–H and O–H groups in total. The highest BCUT2D eigenvalue weighted by molar-refractivity contribution is 5.20. The van der Waals surface area contributed by atoms with Gasteiger partial charge in [0.1, 0.15) is 6.04 Å². The number of nitrogens with one attached hydrogen (secondary N) is 1. The summed E-state index contributed by atoms with van der Waals surface area (Å²) in [7, 11) is 0. The van der Waals surface area contributed by atoms with E-state index in [-0.39, 0.29) is 24.1 Å². The van der Waals surface area contributed by atoms with Gasteiger partial charge in [0.15, 0.2) is 0 Å². The van der Waals surface area contributed by atoms with E-state index in [9.17, 15) is 10.4 Å². The van der Waals surface area contributed by atoms with Gasteiger partial charge in [0.2, 0.25) is 0 Å². The maximum absolute atomic E-state index is 9.61. The van der Waals surface area contributed by atoms with Crippen LogP contribution in [0.3, 0.4) is 0 Å². The summed E-state index contributed by atoms with van der Waals surface area (Å²) in [5.74, 6) is 0. The molecule has 1 aliphatic heterocycles. The molecule has 0 spiro atoms. The van der Waals surface area contributed by atoms with Crippen LogP contribution in [-0.2, 0) is 4.74 Å². The minimum Gasteiger partial charge on any atom is -0.394 e. The molecule has 2 rings (SSSR count). The van der Waals surface area contributed by atoms with Gasteiger partial charge >= 0.3 is 0 Å². The molecule has 0 bridgehead atoms. The Morgan fingerprint density at radius 2 is 2.00 bits per heavy atom. The first-order chi connectivity index (χ1) is 9.69. The number of benzene rings is 1. The first-order valence-corrected chi connectivity index (χ1v) is 7.09. The third-order valence-electron chi connectivity index (χ3n) is 4.21. The van der Waals surface area contributed by atoms with E-state index >= 15 is 0 Å². The SMILES string of the molecule is CC1(C(C#N)N[C@@H](CO)c2ccccc2)CCOCC1. The lowest BCUT2D eigenvalue weighted by Gasteiger charge is -2.39. The van der Waals surface area contributed by atoms with E-state index in [0.717, 1.165) is 18.4 Å². The molecule has 4 nitrogen and oxygen atoms in total. The van der Waals surface area contributed by atoms with E-state index in [1.54, 1.807) is 0 Å². The summed E-state index contributed by atoms with van der Waals surface area (Å²) in [5, 5.41) is 22.4. The molecule has 0 aromatic heterocycles. The Labute approximate surface area is 120 Å². The van der Waals surface area contributed by atoms with Crippen molar-refractivity contribution >= 4 is 0 Å². The van der Waals surface area contributed by atoms with Gasteiger partial charge in [-0.2, -0.15) is 5.26 Å². The molecule has 1 fully saturated rings. The number of aliphatic hydroxyl groups excluding tert-OH is 1. The predicted molar refractivity (Wildman–Crippen MR) is 77.0 cm³/mol. The lowest BCUT2D eigenvalue weighted by molar-refractivity contribution is 0.0104. The van der Waals surface area contributed by atoms with Crippen LogP contribution in [0.4, 0.5) is 0 Å². The van der Waals surface area contributed by atoms with Crippen molar-refractivity contribution in [2.75, 3.05) is 19.8 Å². The molecule has 108 valence electrons. The van der Waals surface area contributed by atoms with Gasteiger partial charge in [0, 0.05) is 18.6 Å². The fraction of sp³-hybridized carbons (Fsp3) is 0.562. The molecule has 0 radical (unpaired) electrons. The van der Waals surface area contributed by atoms with Crippen molar-refractivity contribution in [3.63, 3.8) is 0 Å². The number of ether oxygens (including phenoxy) is 1. The molecule has 1 saturated heterocycles. The van der Waals surface area contributed by atoms with Gasteiger partial charge in [0.05, 0.1) is 18.7 Å². The van der Waals surface area contributed by atoms with Crippen molar-refractivity contribution in [2.24, 2.45) is 5.41 Å². The molecule has 4 heteroatoms. The largest absolute Gasteiger partial charge is 0.394 e. The summed E-state index contributed by atoms with van der Waals surface area (Å²) in [6.07, 6.45) is 1.73. The number of rotatable bonds is 5. The number of hydrogen-bond donors (Lipinski definition) is 2. The second-order valence-corrected chi connectivity index (χ2v) is 5.64. The quantitative estimate of drug-likeness (QED) is 0.862. The standard InChI is InChI=1S/C16H22N2O2/c1-16(7-9-20-10-8-16)15(11-17)18-14(12-19)13-5-3-2-4-6-13/h2-6,14-15,18-19H,7-10,12H2,1H3/t14-,15?/m0/s1. The van der Waals surface area contributed by atoms with Gasteiger partial charge in [-0.15, -0.1) is 0 Å². The molecule has 1 aliphatic rings. The topological polar surface area (TPSA) is 65.3 Å². The van der Waals surface area contributed by atoms with Crippen LogP contribution in [-0.4, -0.2) is 31.0 Å². The zero-order valence-corrected chi connectivity index (χ0v) is 11.9. The first kappa shape index (κ1) is 15.0. The summed E-state index contributed by atoms with van der Waals surface area (Å²) in [6.45, 7) is 3.50. The van der Waals surface area contributed by atoms with Crippen molar-refractivity contribution in [3.8, 4) is 6.07 Å². The zero-order valence-electron chi connectivity index (χ0n) is 11.9. The normalized spacial score (nSPS) is 20.9. The van der Waals surface area contributed by atoms with E-state index in [1.165, 1.54) is 0 Å². The van der Waals surface area contributed by atoms with E-state index in [1.807, 2.05) is 30.3 Å². The van der Waals surface area contributed by atoms with Crippen molar-refractivity contribution in [1.82, 2.24) is 5.32 Å². The van der Waals surface area contributed by atoms with E-state index in [0.29, 0.717) is 13.2 Å². The van der Waals surface area contributed by atoms with Crippen LogP contribution in [0.5, 0.6) is 0 Å². The second kappa shape index (κ2) is 6.85. The second-order valence-electron chi connectivity index (χ2n) is 5.64. The monoisotopic (exact) mass is 274 g/mol. The van der Waals surface area contributed by atoms with Crippen LogP contribution in [0.15, 0.2) is 30.3 Å². The Morgan fingerprint density at radius 1 is 1.35 bits per heavy atom. The van der Waals surface area contributed by atoms with Crippen molar-refractivity contribution in [1.29, 1.82) is 5.26 Å². The number of hydrogen-bond acceptors (Lipinski definition) is 4. The van der Waals surface area contributed by atoms with Crippen molar-refractivity contribution < 1.29 is 9.84 Å². The number of nitriles is 1. The van der Waals surface area contributed by atoms with Gasteiger partial charge in [-0.3, -0.25) is 5.32 Å². The lowest BCUT2D eigenvalue weighted by atomic mass is 9.75. The summed E-state index contributed by atoms with van der Waals surface area (Å²) >= 11 is 0. The van der Waals surface area contributed by atoms with Gasteiger partial charge in [-0.25, -0.2) is 0 Å².